The van der Waals surface area contributed by atoms with Gasteiger partial charge in [0, 0.05) is 37.2 Å². The molecule has 1 aliphatic heterocycles. The molecular weight excluding hydrogens is 480 g/mol. The minimum absolute atomic E-state index is 0.0690. The first kappa shape index (κ1) is 26.7. The zero-order valence-corrected chi connectivity index (χ0v) is 21.6. The van der Waals surface area contributed by atoms with Crippen LogP contribution in [0.3, 0.4) is 0 Å². The Labute approximate surface area is 216 Å². The van der Waals surface area contributed by atoms with Gasteiger partial charge in [0.2, 0.25) is 5.88 Å². The van der Waals surface area contributed by atoms with E-state index in [2.05, 4.69) is 15.5 Å². The normalized spacial score (nSPS) is 26.4. The monoisotopic (exact) mass is 513 g/mol. The molecule has 8 nitrogen and oxygen atoms in total. The highest BCUT2D eigenvalue weighted by Crippen LogP contribution is 2.40. The molecule has 10 heteroatoms. The Hall–Kier alpha value is -3.32. The van der Waals surface area contributed by atoms with E-state index in [1.807, 2.05) is 11.0 Å². The molecule has 2 aromatic rings. The van der Waals surface area contributed by atoms with E-state index in [9.17, 15) is 13.6 Å². The number of alkyl halides is 1. The average molecular weight is 514 g/mol. The van der Waals surface area contributed by atoms with Gasteiger partial charge in [-0.1, -0.05) is 12.1 Å². The number of amides is 1. The van der Waals surface area contributed by atoms with Crippen molar-refractivity contribution in [3.63, 3.8) is 0 Å². The number of nitrogens with zero attached hydrogens (tertiary/aromatic N) is 4. The van der Waals surface area contributed by atoms with Crippen LogP contribution in [0.15, 0.2) is 30.3 Å². The molecule has 5 atom stereocenters. The fraction of sp³-hybridized carbons (Fsp3) is 0.556. The summed E-state index contributed by atoms with van der Waals surface area (Å²) in [4.78, 5) is 14.4. The maximum Gasteiger partial charge on any atom is 0.407 e. The molecular formula is C27H33F2N5O3. The van der Waals surface area contributed by atoms with Crippen LogP contribution >= 0.6 is 0 Å². The molecule has 1 saturated carbocycles. The van der Waals surface area contributed by atoms with Crippen LogP contribution in [-0.2, 0) is 4.74 Å². The zero-order chi connectivity index (χ0) is 26.7. The van der Waals surface area contributed by atoms with Gasteiger partial charge >= 0.3 is 6.09 Å². The molecule has 2 aliphatic rings. The molecule has 2 fully saturated rings. The van der Waals surface area contributed by atoms with E-state index in [4.69, 9.17) is 14.7 Å². The Bertz CT molecular complexity index is 1150. The molecule has 2 heterocycles. The van der Waals surface area contributed by atoms with Crippen molar-refractivity contribution in [2.75, 3.05) is 13.1 Å². The highest BCUT2D eigenvalue weighted by atomic mass is 19.1. The van der Waals surface area contributed by atoms with Crippen LogP contribution in [-0.4, -0.2) is 64.2 Å². The number of hydrogen-bond donors (Lipinski definition) is 1. The summed E-state index contributed by atoms with van der Waals surface area (Å²) in [5.41, 5.74) is 1.21. The molecule has 1 N–H and O–H groups in total. The Balaban J connectivity index is 1.55. The highest BCUT2D eigenvalue weighted by Gasteiger charge is 2.43. The van der Waals surface area contributed by atoms with E-state index in [-0.39, 0.29) is 42.5 Å². The predicted molar refractivity (Wildman–Crippen MR) is 132 cm³/mol. The van der Waals surface area contributed by atoms with E-state index < -0.39 is 23.9 Å². The van der Waals surface area contributed by atoms with Gasteiger partial charge in [-0.2, -0.15) is 5.26 Å². The number of hydrogen-bond acceptors (Lipinski definition) is 7. The standard InChI is InChI=1S/C27H33F2N5O3/c1-16-9-21(13-30)32-33-25(16)36-24-11-18(17-5-7-19(28)8-6-17)10-23(24)34-14-20(29)12-22(15-34)31-26(35)37-27(2,3)4/h5-9,18,20,22-24H,10-12,14-15H2,1-4H3,(H,31,35)/t18?,20-,22-,23?,24?/m1/s1. The molecule has 1 saturated heterocycles. The van der Waals surface area contributed by atoms with Crippen LogP contribution in [0.5, 0.6) is 5.88 Å². The molecule has 4 rings (SSSR count). The van der Waals surface area contributed by atoms with E-state index in [0.717, 1.165) is 5.56 Å². The van der Waals surface area contributed by atoms with Crippen molar-refractivity contribution < 1.29 is 23.0 Å². The number of aryl methyl sites for hydroxylation is 1. The first-order valence-electron chi connectivity index (χ1n) is 12.5. The van der Waals surface area contributed by atoms with Crippen LogP contribution in [0, 0.1) is 24.1 Å². The average Bonchev–Trinajstić information content (AvgIpc) is 3.23. The molecule has 1 aliphatic carbocycles. The Morgan fingerprint density at radius 1 is 1.16 bits per heavy atom. The van der Waals surface area contributed by atoms with Crippen molar-refractivity contribution in [3.8, 4) is 11.9 Å². The second-order valence-corrected chi connectivity index (χ2v) is 10.9. The Morgan fingerprint density at radius 3 is 2.54 bits per heavy atom. The lowest BCUT2D eigenvalue weighted by molar-refractivity contribution is 0.0209. The number of nitrogens with one attached hydrogen (secondary N) is 1. The highest BCUT2D eigenvalue weighted by molar-refractivity contribution is 5.68. The summed E-state index contributed by atoms with van der Waals surface area (Å²) in [5.74, 6) is 0.0902. The van der Waals surface area contributed by atoms with Crippen LogP contribution in [0.4, 0.5) is 13.6 Å². The number of rotatable bonds is 5. The summed E-state index contributed by atoms with van der Waals surface area (Å²) >= 11 is 0. The fourth-order valence-corrected chi connectivity index (χ4v) is 5.20. The summed E-state index contributed by atoms with van der Waals surface area (Å²) in [6.07, 6.45) is -0.548. The van der Waals surface area contributed by atoms with Crippen molar-refractivity contribution in [1.29, 1.82) is 5.26 Å². The third kappa shape index (κ3) is 6.92. The van der Waals surface area contributed by atoms with Crippen molar-refractivity contribution in [2.24, 2.45) is 0 Å². The maximum absolute atomic E-state index is 14.9. The Kier molecular flexibility index (Phi) is 7.93. The van der Waals surface area contributed by atoms with Gasteiger partial charge in [0.05, 0.1) is 0 Å². The summed E-state index contributed by atoms with van der Waals surface area (Å²) in [6, 6.07) is 9.41. The van der Waals surface area contributed by atoms with Crippen LogP contribution < -0.4 is 10.1 Å². The van der Waals surface area contributed by atoms with Crippen LogP contribution in [0.25, 0.3) is 0 Å². The lowest BCUT2D eigenvalue weighted by Crippen LogP contribution is -2.57. The summed E-state index contributed by atoms with van der Waals surface area (Å²) < 4.78 is 40.2. The van der Waals surface area contributed by atoms with Gasteiger partial charge < -0.3 is 14.8 Å². The third-order valence-corrected chi connectivity index (χ3v) is 6.75. The van der Waals surface area contributed by atoms with E-state index in [1.165, 1.54) is 12.1 Å². The molecule has 0 bridgehead atoms. The van der Waals surface area contributed by atoms with Crippen molar-refractivity contribution >= 4 is 6.09 Å². The smallest absolute Gasteiger partial charge is 0.407 e. The van der Waals surface area contributed by atoms with Crippen LogP contribution in [0.2, 0.25) is 0 Å². The molecule has 37 heavy (non-hydrogen) atoms. The minimum atomic E-state index is -1.13. The molecule has 0 radical (unpaired) electrons. The molecule has 3 unspecified atom stereocenters. The number of halogens is 2. The van der Waals surface area contributed by atoms with Gasteiger partial charge in [0.25, 0.3) is 0 Å². The van der Waals surface area contributed by atoms with Gasteiger partial charge in [-0.25, -0.2) is 13.6 Å². The lowest BCUT2D eigenvalue weighted by Gasteiger charge is -2.40. The molecule has 1 aromatic heterocycles. The molecule has 1 aromatic carbocycles. The second-order valence-electron chi connectivity index (χ2n) is 10.9. The zero-order valence-electron chi connectivity index (χ0n) is 21.6. The quantitative estimate of drug-likeness (QED) is 0.631. The van der Waals surface area contributed by atoms with E-state index >= 15 is 0 Å². The number of alkyl carbamates (subject to hydrolysis) is 1. The Morgan fingerprint density at radius 2 is 1.89 bits per heavy atom. The summed E-state index contributed by atoms with van der Waals surface area (Å²) in [6.45, 7) is 7.79. The van der Waals surface area contributed by atoms with Crippen molar-refractivity contribution in [1.82, 2.24) is 20.4 Å². The molecule has 0 spiro atoms. The number of nitriles is 1. The number of ether oxygens (including phenoxy) is 2. The van der Waals surface area contributed by atoms with Crippen molar-refractivity contribution in [2.45, 2.75) is 82.8 Å². The minimum Gasteiger partial charge on any atom is -0.471 e. The largest absolute Gasteiger partial charge is 0.471 e. The summed E-state index contributed by atoms with van der Waals surface area (Å²) in [7, 11) is 0. The van der Waals surface area contributed by atoms with Gasteiger partial charge in [-0.05, 0) is 70.2 Å². The van der Waals surface area contributed by atoms with Crippen LogP contribution in [0.1, 0.15) is 62.8 Å². The second kappa shape index (κ2) is 11.0. The molecule has 198 valence electrons. The van der Waals surface area contributed by atoms with Gasteiger partial charge in [0.1, 0.15) is 29.8 Å². The molecule has 1 amide bonds. The van der Waals surface area contributed by atoms with Gasteiger partial charge in [-0.3, -0.25) is 4.90 Å². The van der Waals surface area contributed by atoms with E-state index in [0.29, 0.717) is 30.8 Å². The first-order chi connectivity index (χ1) is 17.5. The van der Waals surface area contributed by atoms with Crippen molar-refractivity contribution in [3.05, 3.63) is 53.0 Å². The number of benzene rings is 1. The first-order valence-corrected chi connectivity index (χ1v) is 12.5. The number of piperidine rings is 1. The number of carbonyl (C=O) groups is 1. The van der Waals surface area contributed by atoms with E-state index in [1.54, 1.807) is 45.9 Å². The van der Waals surface area contributed by atoms with Gasteiger partial charge in [-0.15, -0.1) is 10.2 Å². The third-order valence-electron chi connectivity index (χ3n) is 6.75. The maximum atomic E-state index is 14.9. The number of likely N-dealkylation sites (tertiary alicyclic amines) is 1. The lowest BCUT2D eigenvalue weighted by atomic mass is 9.96. The SMILES string of the molecule is Cc1cc(C#N)nnc1OC1CC(c2ccc(F)cc2)CC1N1C[C@H](F)C[C@@H](NC(=O)OC(C)(C)C)C1. The fourth-order valence-electron chi connectivity index (χ4n) is 5.20. The predicted octanol–water partition coefficient (Wildman–Crippen LogP) is 4.43. The summed E-state index contributed by atoms with van der Waals surface area (Å²) in [5, 5.41) is 19.9. The van der Waals surface area contributed by atoms with Gasteiger partial charge in [0.15, 0.2) is 5.69 Å². The number of carbonyl (C=O) groups excluding carboxylic acids is 1. The number of aromatic nitrogens is 2. The topological polar surface area (TPSA) is 100 Å².